The highest BCUT2D eigenvalue weighted by Gasteiger charge is 2.47. The number of rotatable bonds is 3. The first-order valence-corrected chi connectivity index (χ1v) is 7.73. The molecule has 2 heterocycles. The number of nitrogens with zero attached hydrogens (tertiary/aromatic N) is 3. The molecule has 0 spiro atoms. The minimum absolute atomic E-state index is 0.286. The maximum absolute atomic E-state index is 11.1. The van der Waals surface area contributed by atoms with Gasteiger partial charge in [-0.05, 0) is 25.7 Å². The molecule has 3 rings (SSSR count). The zero-order valence-electron chi connectivity index (χ0n) is 14.0. The van der Waals surface area contributed by atoms with Crippen molar-refractivity contribution in [3.05, 3.63) is 11.8 Å². The van der Waals surface area contributed by atoms with E-state index in [1.165, 1.54) is 0 Å². The molecule has 1 aliphatic heterocycles. The smallest absolute Gasteiger partial charge is 0.475 e. The Bertz CT molecular complexity index is 753. The lowest BCUT2D eigenvalue weighted by Crippen LogP contribution is -2.49. The number of alkyl halides is 3. The summed E-state index contributed by atoms with van der Waals surface area (Å²) in [5.41, 5.74) is 5.54. The highest BCUT2D eigenvalue weighted by molar-refractivity contribution is 5.73. The first kappa shape index (κ1) is 20.4. The molecule has 0 radical (unpaired) electrons. The average Bonchev–Trinajstić information content (AvgIpc) is 3.12. The summed E-state index contributed by atoms with van der Waals surface area (Å²) >= 11 is 0. The summed E-state index contributed by atoms with van der Waals surface area (Å²) in [5.74, 6) is -1.82. The maximum atomic E-state index is 11.1. The van der Waals surface area contributed by atoms with E-state index < -0.39 is 29.8 Å². The number of nitrogens with two attached hydrogens (primary N) is 1. The summed E-state index contributed by atoms with van der Waals surface area (Å²) in [6.45, 7) is 1.75. The standard InChI is InChI=1S/C12H15N5O3.C2HF3O2/c1-6-8(15-11(18)19-6)9-16-17-10(20-9)12(14)4-7(5-12)2-3-13;3-2(4,5)1(6)7/h6-8H,2,4-5,14H2,1H3,(H,15,18);(H,6,7)/t6-,7?,8+,12?;/m1./s1. The molecule has 1 aromatic rings. The molecule has 2 atom stereocenters. The van der Waals surface area contributed by atoms with E-state index in [1.54, 1.807) is 6.92 Å². The normalized spacial score (nSPS) is 29.5. The van der Waals surface area contributed by atoms with Crippen LogP contribution >= 0.6 is 0 Å². The minimum atomic E-state index is -5.08. The van der Waals surface area contributed by atoms with Crippen LogP contribution in [0.2, 0.25) is 0 Å². The second-order valence-electron chi connectivity index (χ2n) is 6.27. The Morgan fingerprint density at radius 3 is 2.52 bits per heavy atom. The molecule has 2 aliphatic rings. The summed E-state index contributed by atoms with van der Waals surface area (Å²) in [6.07, 6.45) is -4.14. The number of alkyl carbamates (subject to hydrolysis) is 1. The molecule has 1 aromatic heterocycles. The number of nitrogens with one attached hydrogen (secondary N) is 1. The molecule has 2 fully saturated rings. The molecule has 4 N–H and O–H groups in total. The van der Waals surface area contributed by atoms with Crippen LogP contribution < -0.4 is 11.1 Å². The van der Waals surface area contributed by atoms with E-state index in [9.17, 15) is 18.0 Å². The lowest BCUT2D eigenvalue weighted by molar-refractivity contribution is -0.192. The molecule has 1 aliphatic carbocycles. The van der Waals surface area contributed by atoms with Crippen LogP contribution in [0.5, 0.6) is 0 Å². The van der Waals surface area contributed by atoms with Crippen LogP contribution in [0.1, 0.15) is 44.0 Å². The van der Waals surface area contributed by atoms with Crippen LogP contribution in [0.25, 0.3) is 0 Å². The van der Waals surface area contributed by atoms with Gasteiger partial charge in [-0.15, -0.1) is 10.2 Å². The van der Waals surface area contributed by atoms with E-state index in [-0.39, 0.29) is 12.0 Å². The highest BCUT2D eigenvalue weighted by atomic mass is 19.4. The Morgan fingerprint density at radius 1 is 1.48 bits per heavy atom. The van der Waals surface area contributed by atoms with Crippen LogP contribution in [0.15, 0.2) is 4.42 Å². The number of nitriles is 1. The van der Waals surface area contributed by atoms with Crippen molar-refractivity contribution in [2.75, 3.05) is 0 Å². The molecule has 1 amide bonds. The lowest BCUT2D eigenvalue weighted by atomic mass is 9.68. The maximum Gasteiger partial charge on any atom is 0.490 e. The van der Waals surface area contributed by atoms with Gasteiger partial charge in [0.05, 0.1) is 11.6 Å². The predicted molar refractivity (Wildman–Crippen MR) is 78.6 cm³/mol. The summed E-state index contributed by atoms with van der Waals surface area (Å²) in [7, 11) is 0. The van der Waals surface area contributed by atoms with E-state index in [1.807, 2.05) is 0 Å². The Balaban J connectivity index is 0.000000321. The van der Waals surface area contributed by atoms with Crippen molar-refractivity contribution in [3.63, 3.8) is 0 Å². The fourth-order valence-electron chi connectivity index (χ4n) is 2.76. The third kappa shape index (κ3) is 4.64. The van der Waals surface area contributed by atoms with Crippen molar-refractivity contribution in [2.45, 2.75) is 50.0 Å². The number of halogens is 3. The number of carboxylic acid groups (broad SMARTS) is 1. The molecular weight excluding hydrogens is 375 g/mol. The number of amides is 1. The molecule has 0 unspecified atom stereocenters. The van der Waals surface area contributed by atoms with Gasteiger partial charge in [-0.25, -0.2) is 9.59 Å². The molecule has 0 bridgehead atoms. The molecule has 10 nitrogen and oxygen atoms in total. The van der Waals surface area contributed by atoms with Gasteiger partial charge < -0.3 is 25.3 Å². The van der Waals surface area contributed by atoms with Crippen molar-refractivity contribution in [1.29, 1.82) is 5.26 Å². The van der Waals surface area contributed by atoms with Gasteiger partial charge in [-0.2, -0.15) is 18.4 Å². The average molecular weight is 391 g/mol. The van der Waals surface area contributed by atoms with Gasteiger partial charge in [0, 0.05) is 6.42 Å². The van der Waals surface area contributed by atoms with E-state index in [0.717, 1.165) is 0 Å². The number of cyclic esters (lactones) is 1. The van der Waals surface area contributed by atoms with E-state index in [0.29, 0.717) is 31.0 Å². The quantitative estimate of drug-likeness (QED) is 0.689. The third-order valence-electron chi connectivity index (χ3n) is 4.10. The zero-order valence-corrected chi connectivity index (χ0v) is 14.0. The molecule has 13 heteroatoms. The van der Waals surface area contributed by atoms with Crippen LogP contribution in [0.4, 0.5) is 18.0 Å². The number of carbonyl (C=O) groups excluding carboxylic acids is 1. The second-order valence-corrected chi connectivity index (χ2v) is 6.27. The van der Waals surface area contributed by atoms with E-state index in [4.69, 9.17) is 30.1 Å². The Labute approximate surface area is 150 Å². The van der Waals surface area contributed by atoms with Gasteiger partial charge in [0.2, 0.25) is 11.8 Å². The molecular formula is C14H16F3N5O5. The summed E-state index contributed by atoms with van der Waals surface area (Å²) in [6, 6.07) is 1.69. The number of carboxylic acids is 1. The fourth-order valence-corrected chi connectivity index (χ4v) is 2.76. The number of ether oxygens (including phenoxy) is 1. The first-order valence-electron chi connectivity index (χ1n) is 7.73. The van der Waals surface area contributed by atoms with Gasteiger partial charge in [-0.1, -0.05) is 0 Å². The second kappa shape index (κ2) is 7.39. The monoisotopic (exact) mass is 391 g/mol. The van der Waals surface area contributed by atoms with Gasteiger partial charge >= 0.3 is 18.2 Å². The van der Waals surface area contributed by atoms with Crippen molar-refractivity contribution in [1.82, 2.24) is 15.5 Å². The topological polar surface area (TPSA) is 164 Å². The summed E-state index contributed by atoms with van der Waals surface area (Å²) in [4.78, 5) is 20.0. The van der Waals surface area contributed by atoms with Gasteiger partial charge in [0.15, 0.2) is 0 Å². The summed E-state index contributed by atoms with van der Waals surface area (Å²) < 4.78 is 42.3. The van der Waals surface area contributed by atoms with Crippen molar-refractivity contribution in [3.8, 4) is 6.07 Å². The number of aliphatic carboxylic acids is 1. The van der Waals surface area contributed by atoms with E-state index in [2.05, 4.69) is 21.6 Å². The van der Waals surface area contributed by atoms with Crippen molar-refractivity contribution >= 4 is 12.1 Å². The van der Waals surface area contributed by atoms with Gasteiger partial charge in [0.1, 0.15) is 12.1 Å². The number of aromatic nitrogens is 2. The van der Waals surface area contributed by atoms with Crippen LogP contribution in [0, 0.1) is 17.2 Å². The molecule has 27 heavy (non-hydrogen) atoms. The fraction of sp³-hybridized carbons (Fsp3) is 0.643. The zero-order chi connectivity index (χ0) is 20.4. The molecule has 148 valence electrons. The van der Waals surface area contributed by atoms with Gasteiger partial charge in [0.25, 0.3) is 0 Å². The largest absolute Gasteiger partial charge is 0.490 e. The van der Waals surface area contributed by atoms with Crippen molar-refractivity contribution < 1.29 is 37.0 Å². The molecule has 1 saturated carbocycles. The summed E-state index contributed by atoms with van der Waals surface area (Å²) in [5, 5.41) is 26.3. The highest BCUT2D eigenvalue weighted by Crippen LogP contribution is 2.44. The third-order valence-corrected chi connectivity index (χ3v) is 4.10. The van der Waals surface area contributed by atoms with Crippen LogP contribution in [-0.4, -0.2) is 39.6 Å². The Morgan fingerprint density at radius 2 is 2.07 bits per heavy atom. The Hall–Kier alpha value is -2.88. The van der Waals surface area contributed by atoms with Crippen molar-refractivity contribution in [2.24, 2.45) is 11.7 Å². The lowest BCUT2D eigenvalue weighted by Gasteiger charge is -2.41. The predicted octanol–water partition coefficient (Wildman–Crippen LogP) is 1.35. The minimum Gasteiger partial charge on any atom is -0.475 e. The van der Waals surface area contributed by atoms with Crippen LogP contribution in [0.3, 0.4) is 0 Å². The van der Waals surface area contributed by atoms with Gasteiger partial charge in [-0.3, -0.25) is 0 Å². The number of carbonyl (C=O) groups is 2. The molecule has 1 saturated heterocycles. The van der Waals surface area contributed by atoms with E-state index >= 15 is 0 Å². The van der Waals surface area contributed by atoms with Crippen LogP contribution in [-0.2, 0) is 15.1 Å². The first-order chi connectivity index (χ1) is 12.5. The SMILES string of the molecule is C[C@H]1OC(=O)N[C@@H]1c1nnc(C2(N)CC(CC#N)C2)o1.O=C(O)C(F)(F)F. The number of hydrogen-bond donors (Lipinski definition) is 3. The Kier molecular flexibility index (Phi) is 5.59. The number of hydrogen-bond acceptors (Lipinski definition) is 8. The molecule has 0 aromatic carbocycles.